The van der Waals surface area contributed by atoms with E-state index in [2.05, 4.69) is 54.7 Å². The van der Waals surface area contributed by atoms with Crippen LogP contribution in [0, 0.1) is 5.92 Å². The third kappa shape index (κ3) is 11.3. The summed E-state index contributed by atoms with van der Waals surface area (Å²) in [6.07, 6.45) is 11.7. The molecule has 104 valence electrons. The lowest BCUT2D eigenvalue weighted by atomic mass is 9.98. The molecule has 0 rings (SSSR count). The van der Waals surface area contributed by atoms with Crippen LogP contribution in [0.25, 0.3) is 0 Å². The lowest BCUT2D eigenvalue weighted by molar-refractivity contribution is 0.443. The largest absolute Gasteiger partial charge is 0.137 e. The van der Waals surface area contributed by atoms with Crippen molar-refractivity contribution in [3.8, 4) is 0 Å². The smallest absolute Gasteiger partial charge is 0.127 e. The van der Waals surface area contributed by atoms with Crippen molar-refractivity contribution in [3.05, 3.63) is 0 Å². The van der Waals surface area contributed by atoms with Crippen LogP contribution in [0.2, 0.25) is 0 Å². The topological polar surface area (TPSA) is 0 Å². The Morgan fingerprint density at radius 1 is 0.882 bits per heavy atom. The van der Waals surface area contributed by atoms with E-state index < -0.39 is 0 Å². The van der Waals surface area contributed by atoms with Crippen LogP contribution in [0.1, 0.15) is 64.7 Å². The van der Waals surface area contributed by atoms with Crippen molar-refractivity contribution in [2.24, 2.45) is 5.92 Å². The number of hydrogen-bond donors (Lipinski definition) is 0. The van der Waals surface area contributed by atoms with Gasteiger partial charge in [0.15, 0.2) is 0 Å². The molecular weight excluding hydrogens is 431 g/mol. The molecule has 1 atom stereocenters. The maximum absolute atomic E-state index is 5.77. The van der Waals surface area contributed by atoms with E-state index in [1.54, 1.807) is 0 Å². The molecule has 0 N–H and O–H groups in total. The summed E-state index contributed by atoms with van der Waals surface area (Å²) >= 11 is 16.7. The van der Waals surface area contributed by atoms with Crippen molar-refractivity contribution in [3.63, 3.8) is 0 Å². The van der Waals surface area contributed by atoms with Gasteiger partial charge in [-0.15, -0.1) is 11.6 Å². The molecule has 0 nitrogen and oxygen atoms in total. The minimum Gasteiger partial charge on any atom is -0.127 e. The molecule has 0 radical (unpaired) electrons. The Balaban J connectivity index is 3.69. The van der Waals surface area contributed by atoms with Gasteiger partial charge in [0.25, 0.3) is 0 Å². The molecular formula is C13H24Br3Cl. The molecule has 0 heterocycles. The Kier molecular flexibility index (Phi) is 12.7. The highest BCUT2D eigenvalue weighted by Gasteiger charge is 2.29. The standard InChI is InChI=1S/C13H24Br3Cl/c1-2-3-4-5-6-7-9-12(10-8-11-17)13(14,15)16/h12H,2-11H2,1H3. The molecule has 0 amide bonds. The van der Waals surface area contributed by atoms with Crippen molar-refractivity contribution >= 4 is 59.4 Å². The second-order valence-electron chi connectivity index (χ2n) is 4.63. The predicted molar refractivity (Wildman–Crippen MR) is 90.9 cm³/mol. The molecule has 0 aliphatic heterocycles. The van der Waals surface area contributed by atoms with Crippen LogP contribution < -0.4 is 0 Å². The van der Waals surface area contributed by atoms with Crippen molar-refractivity contribution in [2.45, 2.75) is 66.9 Å². The van der Waals surface area contributed by atoms with E-state index >= 15 is 0 Å². The number of hydrogen-bond acceptors (Lipinski definition) is 0. The maximum Gasteiger partial charge on any atom is 0.137 e. The van der Waals surface area contributed by atoms with Crippen LogP contribution in [-0.4, -0.2) is 8.02 Å². The predicted octanol–water partition coefficient (Wildman–Crippen LogP) is 7.21. The van der Waals surface area contributed by atoms with E-state index in [-0.39, 0.29) is 2.14 Å². The third-order valence-electron chi connectivity index (χ3n) is 3.06. The SMILES string of the molecule is CCCCCCCCC(CCCCl)C(Br)(Br)Br. The van der Waals surface area contributed by atoms with E-state index in [1.165, 1.54) is 51.4 Å². The first-order valence-corrected chi connectivity index (χ1v) is 9.56. The fourth-order valence-electron chi connectivity index (χ4n) is 1.97. The first kappa shape index (κ1) is 18.7. The van der Waals surface area contributed by atoms with E-state index in [0.717, 1.165) is 12.3 Å². The van der Waals surface area contributed by atoms with Gasteiger partial charge in [0.2, 0.25) is 0 Å². The van der Waals surface area contributed by atoms with E-state index in [9.17, 15) is 0 Å². The first-order chi connectivity index (χ1) is 8.02. The van der Waals surface area contributed by atoms with Crippen LogP contribution >= 0.6 is 59.4 Å². The molecule has 0 spiro atoms. The summed E-state index contributed by atoms with van der Waals surface area (Å²) in [5.74, 6) is 1.36. The number of unbranched alkanes of at least 4 members (excludes halogenated alkanes) is 5. The molecule has 0 aromatic rings. The van der Waals surface area contributed by atoms with Gasteiger partial charge in [-0.2, -0.15) is 0 Å². The highest BCUT2D eigenvalue weighted by atomic mass is 80.0. The zero-order chi connectivity index (χ0) is 13.1. The minimum atomic E-state index is -0.109. The lowest BCUT2D eigenvalue weighted by Crippen LogP contribution is -2.17. The highest BCUT2D eigenvalue weighted by Crippen LogP contribution is 2.45. The summed E-state index contributed by atoms with van der Waals surface area (Å²) < 4.78 is -0.109. The molecule has 1 unspecified atom stereocenters. The Morgan fingerprint density at radius 3 is 1.94 bits per heavy atom. The molecule has 0 saturated heterocycles. The molecule has 4 heteroatoms. The van der Waals surface area contributed by atoms with Gasteiger partial charge in [-0.1, -0.05) is 93.2 Å². The summed E-state index contributed by atoms with van der Waals surface area (Å²) in [5.41, 5.74) is 0. The highest BCUT2D eigenvalue weighted by molar-refractivity contribution is 9.39. The second kappa shape index (κ2) is 11.5. The fraction of sp³-hybridized carbons (Fsp3) is 1.00. The first-order valence-electron chi connectivity index (χ1n) is 6.65. The number of rotatable bonds is 10. The fourth-order valence-corrected chi connectivity index (χ4v) is 3.49. The van der Waals surface area contributed by atoms with Gasteiger partial charge < -0.3 is 0 Å². The summed E-state index contributed by atoms with van der Waals surface area (Å²) in [6, 6.07) is 0. The van der Waals surface area contributed by atoms with Crippen LogP contribution in [0.4, 0.5) is 0 Å². The van der Waals surface area contributed by atoms with Crippen molar-refractivity contribution in [2.75, 3.05) is 5.88 Å². The zero-order valence-corrected chi connectivity index (χ0v) is 16.2. The Labute approximate surface area is 137 Å². The Morgan fingerprint density at radius 2 is 1.41 bits per heavy atom. The van der Waals surface area contributed by atoms with Crippen molar-refractivity contribution in [1.82, 2.24) is 0 Å². The van der Waals surface area contributed by atoms with E-state index in [4.69, 9.17) is 11.6 Å². The van der Waals surface area contributed by atoms with Gasteiger partial charge in [-0.3, -0.25) is 0 Å². The molecule has 0 bridgehead atoms. The van der Waals surface area contributed by atoms with Crippen LogP contribution in [0.3, 0.4) is 0 Å². The average Bonchev–Trinajstić information content (AvgIpc) is 2.25. The Bertz CT molecular complexity index is 169. The van der Waals surface area contributed by atoms with Gasteiger partial charge in [0, 0.05) is 5.88 Å². The molecule has 0 saturated carbocycles. The monoisotopic (exact) mass is 452 g/mol. The maximum atomic E-state index is 5.77. The molecule has 0 aliphatic carbocycles. The molecule has 0 aromatic heterocycles. The van der Waals surface area contributed by atoms with Gasteiger partial charge in [-0.25, -0.2) is 0 Å². The van der Waals surface area contributed by atoms with Crippen LogP contribution in [0.15, 0.2) is 0 Å². The summed E-state index contributed by atoms with van der Waals surface area (Å²) in [7, 11) is 0. The average molecular weight is 455 g/mol. The minimum absolute atomic E-state index is 0.109. The molecule has 0 fully saturated rings. The summed E-state index contributed by atoms with van der Waals surface area (Å²) in [4.78, 5) is 0. The van der Waals surface area contributed by atoms with Crippen molar-refractivity contribution < 1.29 is 0 Å². The van der Waals surface area contributed by atoms with E-state index in [1.807, 2.05) is 0 Å². The molecule has 0 aromatic carbocycles. The van der Waals surface area contributed by atoms with Crippen LogP contribution in [-0.2, 0) is 0 Å². The van der Waals surface area contributed by atoms with Crippen LogP contribution in [0.5, 0.6) is 0 Å². The quantitative estimate of drug-likeness (QED) is 0.241. The summed E-state index contributed by atoms with van der Waals surface area (Å²) in [5, 5.41) is 0. The number of alkyl halides is 4. The lowest BCUT2D eigenvalue weighted by Gasteiger charge is -2.25. The van der Waals surface area contributed by atoms with Gasteiger partial charge in [0.05, 0.1) is 0 Å². The number of halogens is 4. The molecule has 17 heavy (non-hydrogen) atoms. The van der Waals surface area contributed by atoms with Gasteiger partial charge >= 0.3 is 0 Å². The Hall–Kier alpha value is 1.73. The second-order valence-corrected chi connectivity index (χ2v) is 11.9. The molecule has 0 aliphatic rings. The van der Waals surface area contributed by atoms with Crippen molar-refractivity contribution in [1.29, 1.82) is 0 Å². The third-order valence-corrected chi connectivity index (χ3v) is 5.26. The van der Waals surface area contributed by atoms with E-state index in [0.29, 0.717) is 5.92 Å². The normalized spacial score (nSPS) is 13.9. The van der Waals surface area contributed by atoms with Gasteiger partial charge in [-0.05, 0) is 25.2 Å². The van der Waals surface area contributed by atoms with Gasteiger partial charge in [0.1, 0.15) is 2.14 Å². The zero-order valence-electron chi connectivity index (χ0n) is 10.7. The summed E-state index contributed by atoms with van der Waals surface area (Å²) in [6.45, 7) is 2.26.